The van der Waals surface area contributed by atoms with Crippen molar-refractivity contribution in [3.05, 3.63) is 0 Å². The van der Waals surface area contributed by atoms with Crippen molar-refractivity contribution in [1.82, 2.24) is 0 Å². The summed E-state index contributed by atoms with van der Waals surface area (Å²) in [6.45, 7) is 8.32. The molecule has 1 unspecified atom stereocenters. The zero-order valence-corrected chi connectivity index (χ0v) is 8.40. The molecule has 0 rings (SSSR count). The molecule has 0 aromatic rings. The number of carbonyl (C=O) groups excluding carboxylic acids is 1. The minimum Gasteiger partial charge on any atom is -0.465 e. The third-order valence-electron chi connectivity index (χ3n) is 1.09. The molecule has 2 nitrogen and oxygen atoms in total. The molecule has 0 fully saturated rings. The number of esters is 1. The number of rotatable bonds is 4. The molecular formula is C8H16O2S. The molecule has 0 radical (unpaired) electrons. The summed E-state index contributed by atoms with van der Waals surface area (Å²) in [5, 5.41) is 0.448. The van der Waals surface area contributed by atoms with Crippen molar-refractivity contribution in [3.8, 4) is 0 Å². The Kier molecular flexibility index (Phi) is 5.38. The number of carbonyl (C=O) groups is 1. The first-order chi connectivity index (χ1) is 5.07. The average Bonchev–Trinajstić information content (AvgIpc) is 1.86. The highest BCUT2D eigenvalue weighted by molar-refractivity contribution is 8.01. The maximum absolute atomic E-state index is 11.0. The van der Waals surface area contributed by atoms with Crippen LogP contribution >= 0.6 is 11.8 Å². The molecule has 3 heteroatoms. The normalized spacial score (nSPS) is 13.2. The fourth-order valence-electron chi connectivity index (χ4n) is 0.723. The van der Waals surface area contributed by atoms with E-state index in [1.54, 1.807) is 11.8 Å². The van der Waals surface area contributed by atoms with Gasteiger partial charge in [0.05, 0.1) is 11.9 Å². The molecule has 0 saturated heterocycles. The van der Waals surface area contributed by atoms with E-state index in [1.807, 2.05) is 13.8 Å². The smallest absolute Gasteiger partial charge is 0.318 e. The number of ether oxygens (including phenoxy) is 1. The van der Waals surface area contributed by atoms with Crippen LogP contribution in [0, 0.1) is 0 Å². The van der Waals surface area contributed by atoms with Gasteiger partial charge in [-0.05, 0) is 19.1 Å². The lowest BCUT2D eigenvalue weighted by molar-refractivity contribution is -0.142. The SMILES string of the molecule is CCOC(=O)C(C)SC(C)C. The molecule has 0 aromatic carbocycles. The lowest BCUT2D eigenvalue weighted by atomic mass is 10.5. The van der Waals surface area contributed by atoms with E-state index < -0.39 is 0 Å². The predicted molar refractivity (Wildman–Crippen MR) is 48.8 cm³/mol. The van der Waals surface area contributed by atoms with Crippen LogP contribution in [-0.4, -0.2) is 23.1 Å². The van der Waals surface area contributed by atoms with Gasteiger partial charge in [-0.2, -0.15) is 0 Å². The van der Waals surface area contributed by atoms with Gasteiger partial charge in [0.15, 0.2) is 0 Å². The Balaban J connectivity index is 3.64. The van der Waals surface area contributed by atoms with E-state index in [4.69, 9.17) is 4.74 Å². The Morgan fingerprint density at radius 2 is 2.00 bits per heavy atom. The van der Waals surface area contributed by atoms with Crippen molar-refractivity contribution < 1.29 is 9.53 Å². The van der Waals surface area contributed by atoms with E-state index in [9.17, 15) is 4.79 Å². The summed E-state index contributed by atoms with van der Waals surface area (Å²) in [5.74, 6) is -0.105. The number of hydrogen-bond acceptors (Lipinski definition) is 3. The van der Waals surface area contributed by atoms with Crippen LogP contribution in [0.4, 0.5) is 0 Å². The van der Waals surface area contributed by atoms with Gasteiger partial charge in [0.25, 0.3) is 0 Å². The first-order valence-corrected chi connectivity index (χ1v) is 4.84. The van der Waals surface area contributed by atoms with Crippen LogP contribution in [0.5, 0.6) is 0 Å². The highest BCUT2D eigenvalue weighted by atomic mass is 32.2. The van der Waals surface area contributed by atoms with Crippen molar-refractivity contribution in [2.24, 2.45) is 0 Å². The van der Waals surface area contributed by atoms with Gasteiger partial charge in [0, 0.05) is 0 Å². The van der Waals surface area contributed by atoms with E-state index in [1.165, 1.54) is 0 Å². The first kappa shape index (κ1) is 10.8. The molecule has 66 valence electrons. The highest BCUT2D eigenvalue weighted by Gasteiger charge is 2.15. The molecule has 0 aliphatic rings. The molecule has 0 N–H and O–H groups in total. The second-order valence-electron chi connectivity index (χ2n) is 2.58. The Morgan fingerprint density at radius 1 is 1.45 bits per heavy atom. The fourth-order valence-corrected chi connectivity index (χ4v) is 1.72. The second-order valence-corrected chi connectivity index (χ2v) is 4.50. The lowest BCUT2D eigenvalue weighted by Crippen LogP contribution is -2.18. The zero-order chi connectivity index (χ0) is 8.85. The molecule has 0 aliphatic carbocycles. The van der Waals surface area contributed by atoms with Crippen LogP contribution in [0.2, 0.25) is 0 Å². The summed E-state index contributed by atoms with van der Waals surface area (Å²) in [5.41, 5.74) is 0. The van der Waals surface area contributed by atoms with E-state index >= 15 is 0 Å². The predicted octanol–water partition coefficient (Wildman–Crippen LogP) is 2.08. The van der Waals surface area contributed by atoms with E-state index in [0.717, 1.165) is 0 Å². The average molecular weight is 176 g/mol. The summed E-state index contributed by atoms with van der Waals surface area (Å²) >= 11 is 1.63. The molecule has 0 spiro atoms. The summed E-state index contributed by atoms with van der Waals surface area (Å²) in [7, 11) is 0. The minimum atomic E-state index is -0.105. The second kappa shape index (κ2) is 5.47. The molecule has 0 amide bonds. The van der Waals surface area contributed by atoms with Gasteiger partial charge in [-0.25, -0.2) is 0 Å². The third-order valence-corrected chi connectivity index (χ3v) is 2.24. The number of hydrogen-bond donors (Lipinski definition) is 0. The fraction of sp³-hybridized carbons (Fsp3) is 0.875. The quantitative estimate of drug-likeness (QED) is 0.613. The van der Waals surface area contributed by atoms with Crippen LogP contribution in [0.3, 0.4) is 0 Å². The lowest BCUT2D eigenvalue weighted by Gasteiger charge is -2.11. The summed E-state index contributed by atoms with van der Waals surface area (Å²) in [6, 6.07) is 0. The van der Waals surface area contributed by atoms with Gasteiger partial charge in [-0.1, -0.05) is 13.8 Å². The Morgan fingerprint density at radius 3 is 2.36 bits per heavy atom. The zero-order valence-electron chi connectivity index (χ0n) is 7.59. The van der Waals surface area contributed by atoms with Crippen molar-refractivity contribution in [1.29, 1.82) is 0 Å². The monoisotopic (exact) mass is 176 g/mol. The van der Waals surface area contributed by atoms with Gasteiger partial charge in [0.1, 0.15) is 0 Å². The summed E-state index contributed by atoms with van der Waals surface area (Å²) < 4.78 is 4.84. The van der Waals surface area contributed by atoms with Crippen molar-refractivity contribution >= 4 is 17.7 Å². The molecule has 0 aliphatic heterocycles. The maximum atomic E-state index is 11.0. The van der Waals surface area contributed by atoms with Gasteiger partial charge in [-0.3, -0.25) is 4.79 Å². The molecule has 0 bridgehead atoms. The summed E-state index contributed by atoms with van der Waals surface area (Å²) in [4.78, 5) is 11.0. The molecule has 11 heavy (non-hydrogen) atoms. The largest absolute Gasteiger partial charge is 0.465 e. The Labute approximate surface area is 72.7 Å². The van der Waals surface area contributed by atoms with Gasteiger partial charge in [-0.15, -0.1) is 11.8 Å². The molecule has 0 heterocycles. The summed E-state index contributed by atoms with van der Waals surface area (Å²) in [6.07, 6.45) is 0. The molecule has 0 saturated carbocycles. The van der Waals surface area contributed by atoms with Crippen LogP contribution in [0.25, 0.3) is 0 Å². The maximum Gasteiger partial charge on any atom is 0.318 e. The van der Waals surface area contributed by atoms with Crippen molar-refractivity contribution in [3.63, 3.8) is 0 Å². The van der Waals surface area contributed by atoms with Gasteiger partial charge < -0.3 is 4.74 Å². The van der Waals surface area contributed by atoms with E-state index in [2.05, 4.69) is 13.8 Å². The van der Waals surface area contributed by atoms with Crippen molar-refractivity contribution in [2.75, 3.05) is 6.61 Å². The Hall–Kier alpha value is -0.180. The molecule has 0 aromatic heterocycles. The number of thioether (sulfide) groups is 1. The van der Waals surface area contributed by atoms with Crippen molar-refractivity contribution in [2.45, 2.75) is 38.2 Å². The van der Waals surface area contributed by atoms with Crippen LogP contribution in [-0.2, 0) is 9.53 Å². The third kappa shape index (κ3) is 5.13. The van der Waals surface area contributed by atoms with Crippen LogP contribution in [0.1, 0.15) is 27.7 Å². The van der Waals surface area contributed by atoms with Gasteiger partial charge >= 0.3 is 5.97 Å². The van der Waals surface area contributed by atoms with Gasteiger partial charge in [0.2, 0.25) is 0 Å². The molecular weight excluding hydrogens is 160 g/mol. The molecule has 1 atom stereocenters. The Bertz CT molecular complexity index is 123. The first-order valence-electron chi connectivity index (χ1n) is 3.90. The minimum absolute atomic E-state index is 0.0325. The standard InChI is InChI=1S/C8H16O2S/c1-5-10-8(9)7(4)11-6(2)3/h6-7H,5H2,1-4H3. The highest BCUT2D eigenvalue weighted by Crippen LogP contribution is 2.17. The van der Waals surface area contributed by atoms with E-state index in [0.29, 0.717) is 11.9 Å². The van der Waals surface area contributed by atoms with Crippen LogP contribution in [0.15, 0.2) is 0 Å². The van der Waals surface area contributed by atoms with Crippen LogP contribution < -0.4 is 0 Å². The van der Waals surface area contributed by atoms with E-state index in [-0.39, 0.29) is 11.2 Å². The topological polar surface area (TPSA) is 26.3 Å².